The van der Waals surface area contributed by atoms with Crippen LogP contribution in [0.25, 0.3) is 0 Å². The minimum atomic E-state index is -1.81. The quantitative estimate of drug-likeness (QED) is 0.173. The van der Waals surface area contributed by atoms with E-state index in [1.807, 2.05) is 24.3 Å². The van der Waals surface area contributed by atoms with Crippen LogP contribution >= 0.6 is 0 Å². The van der Waals surface area contributed by atoms with Gasteiger partial charge >= 0.3 is 0 Å². The highest BCUT2D eigenvalue weighted by molar-refractivity contribution is 6.74. The van der Waals surface area contributed by atoms with Crippen LogP contribution in [0, 0.1) is 11.8 Å². The van der Waals surface area contributed by atoms with E-state index in [2.05, 4.69) is 65.1 Å². The van der Waals surface area contributed by atoms with E-state index < -0.39 is 8.32 Å². The standard InChI is InChI=1S/C29H46O4Si/c1-8-9-10-11-25(33-34(6,7)29(2,3)4)18-14-23-15-19-27-26(23)20-28(32-27)31-21-22-12-16-24(30-5)17-13-22/h12-19,23,25-28H,8-11,20-21H2,1-7H3/b18-14+/t23-,25?,26-,27+,28?/m1/s1. The van der Waals surface area contributed by atoms with Crippen molar-refractivity contribution < 1.29 is 18.6 Å². The zero-order valence-corrected chi connectivity index (χ0v) is 23.4. The maximum absolute atomic E-state index is 6.81. The second-order valence-corrected chi connectivity index (χ2v) is 16.1. The van der Waals surface area contributed by atoms with Gasteiger partial charge in [0.2, 0.25) is 0 Å². The fourth-order valence-corrected chi connectivity index (χ4v) is 5.76. The van der Waals surface area contributed by atoms with Gasteiger partial charge in [-0.2, -0.15) is 0 Å². The van der Waals surface area contributed by atoms with Crippen molar-refractivity contribution >= 4 is 8.32 Å². The first-order valence-corrected chi connectivity index (χ1v) is 16.0. The number of allylic oxidation sites excluding steroid dienone is 2. The highest BCUT2D eigenvalue weighted by atomic mass is 28.4. The number of hydrogen-bond donors (Lipinski definition) is 0. The summed E-state index contributed by atoms with van der Waals surface area (Å²) in [6.45, 7) is 14.5. The van der Waals surface area contributed by atoms with Crippen molar-refractivity contribution in [2.75, 3.05) is 7.11 Å². The SMILES string of the molecule is CCCCCC(/C=C/[C@@H]1C=C[C@@H]2OC(OCc3ccc(OC)cc3)C[C@@H]21)O[Si](C)(C)C(C)(C)C. The van der Waals surface area contributed by atoms with Crippen LogP contribution in [0.15, 0.2) is 48.6 Å². The van der Waals surface area contributed by atoms with Crippen molar-refractivity contribution in [3.8, 4) is 5.75 Å². The molecular formula is C29H46O4Si. The summed E-state index contributed by atoms with van der Waals surface area (Å²) in [4.78, 5) is 0. The lowest BCUT2D eigenvalue weighted by atomic mass is 9.91. The third-order valence-corrected chi connectivity index (χ3v) is 12.2. The summed E-state index contributed by atoms with van der Waals surface area (Å²) in [5, 5.41) is 0.218. The lowest BCUT2D eigenvalue weighted by Crippen LogP contribution is -2.43. The molecule has 5 atom stereocenters. The van der Waals surface area contributed by atoms with Gasteiger partial charge in [-0.1, -0.05) is 83.4 Å². The second kappa shape index (κ2) is 12.0. The molecule has 0 saturated carbocycles. The summed E-state index contributed by atoms with van der Waals surface area (Å²) in [5.41, 5.74) is 1.13. The largest absolute Gasteiger partial charge is 0.497 e. The smallest absolute Gasteiger partial charge is 0.192 e. The van der Waals surface area contributed by atoms with Gasteiger partial charge in [0.05, 0.1) is 25.9 Å². The fraction of sp³-hybridized carbons (Fsp3) is 0.655. The summed E-state index contributed by atoms with van der Waals surface area (Å²) in [7, 11) is -0.131. The van der Waals surface area contributed by atoms with E-state index in [0.717, 1.165) is 24.2 Å². The highest BCUT2D eigenvalue weighted by Gasteiger charge is 2.41. The van der Waals surface area contributed by atoms with E-state index in [9.17, 15) is 0 Å². The van der Waals surface area contributed by atoms with Crippen LogP contribution in [0.2, 0.25) is 18.1 Å². The van der Waals surface area contributed by atoms with Crippen LogP contribution < -0.4 is 4.74 Å². The Labute approximate surface area is 208 Å². The number of ether oxygens (including phenoxy) is 3. The summed E-state index contributed by atoms with van der Waals surface area (Å²) in [6, 6.07) is 8.02. The normalized spacial score (nSPS) is 25.7. The third-order valence-electron chi connectivity index (χ3n) is 7.70. The van der Waals surface area contributed by atoms with Gasteiger partial charge in [-0.15, -0.1) is 0 Å². The van der Waals surface area contributed by atoms with Crippen molar-refractivity contribution in [1.29, 1.82) is 0 Å². The molecule has 190 valence electrons. The third kappa shape index (κ3) is 7.30. The number of benzene rings is 1. The molecule has 1 aliphatic heterocycles. The topological polar surface area (TPSA) is 36.9 Å². The molecule has 3 rings (SSSR count). The van der Waals surface area contributed by atoms with Crippen molar-refractivity contribution in [2.45, 2.75) is 103 Å². The van der Waals surface area contributed by atoms with E-state index in [0.29, 0.717) is 18.4 Å². The molecule has 1 fully saturated rings. The molecule has 1 heterocycles. The molecular weight excluding hydrogens is 440 g/mol. The summed E-state index contributed by atoms with van der Waals surface area (Å²) in [5.74, 6) is 1.69. The molecule has 4 nitrogen and oxygen atoms in total. The van der Waals surface area contributed by atoms with Crippen molar-refractivity contribution in [2.24, 2.45) is 11.8 Å². The van der Waals surface area contributed by atoms with E-state index in [1.165, 1.54) is 19.3 Å². The summed E-state index contributed by atoms with van der Waals surface area (Å²) in [6.07, 6.45) is 15.2. The van der Waals surface area contributed by atoms with Gasteiger partial charge in [-0.25, -0.2) is 0 Å². The Balaban J connectivity index is 1.56. The van der Waals surface area contributed by atoms with Gasteiger partial charge in [0.25, 0.3) is 0 Å². The molecule has 1 aromatic rings. The van der Waals surface area contributed by atoms with E-state index in [-0.39, 0.29) is 23.5 Å². The number of rotatable bonds is 12. The fourth-order valence-electron chi connectivity index (χ4n) is 4.46. The molecule has 1 aromatic carbocycles. The minimum Gasteiger partial charge on any atom is -0.497 e. The van der Waals surface area contributed by atoms with Gasteiger partial charge in [0, 0.05) is 18.3 Å². The highest BCUT2D eigenvalue weighted by Crippen LogP contribution is 2.41. The average molecular weight is 487 g/mol. The van der Waals surface area contributed by atoms with Crippen molar-refractivity contribution in [1.82, 2.24) is 0 Å². The molecule has 0 spiro atoms. The van der Waals surface area contributed by atoms with Crippen molar-refractivity contribution in [3.05, 3.63) is 54.1 Å². The zero-order chi connectivity index (χ0) is 24.8. The first kappa shape index (κ1) is 27.2. The van der Waals surface area contributed by atoms with Gasteiger partial charge in [0.15, 0.2) is 14.6 Å². The summed E-state index contributed by atoms with van der Waals surface area (Å²) >= 11 is 0. The lowest BCUT2D eigenvalue weighted by molar-refractivity contribution is -0.132. The maximum atomic E-state index is 6.81. The molecule has 0 N–H and O–H groups in total. The predicted octanol–water partition coefficient (Wildman–Crippen LogP) is 7.66. The molecule has 0 bridgehead atoms. The van der Waals surface area contributed by atoms with Crippen LogP contribution in [0.1, 0.15) is 65.4 Å². The van der Waals surface area contributed by atoms with Crippen LogP contribution in [-0.2, 0) is 20.5 Å². The first-order chi connectivity index (χ1) is 16.1. The molecule has 1 saturated heterocycles. The monoisotopic (exact) mass is 486 g/mol. The first-order valence-electron chi connectivity index (χ1n) is 13.1. The van der Waals surface area contributed by atoms with E-state index in [1.54, 1.807) is 7.11 Å². The molecule has 5 heteroatoms. The second-order valence-electron chi connectivity index (χ2n) is 11.3. The Bertz CT molecular complexity index is 808. The number of hydrogen-bond acceptors (Lipinski definition) is 4. The predicted molar refractivity (Wildman–Crippen MR) is 143 cm³/mol. The zero-order valence-electron chi connectivity index (χ0n) is 22.4. The number of fused-ring (bicyclic) bond motifs is 1. The molecule has 0 radical (unpaired) electrons. The molecule has 1 aliphatic carbocycles. The van der Waals surface area contributed by atoms with Gasteiger partial charge in [0.1, 0.15) is 5.75 Å². The van der Waals surface area contributed by atoms with Crippen molar-refractivity contribution in [3.63, 3.8) is 0 Å². The molecule has 0 amide bonds. The lowest BCUT2D eigenvalue weighted by Gasteiger charge is -2.38. The van der Waals surface area contributed by atoms with Gasteiger partial charge in [-0.05, 0) is 42.2 Å². The van der Waals surface area contributed by atoms with Gasteiger partial charge in [-0.3, -0.25) is 0 Å². The van der Waals surface area contributed by atoms with Crippen LogP contribution in [0.3, 0.4) is 0 Å². The Morgan fingerprint density at radius 2 is 1.85 bits per heavy atom. The van der Waals surface area contributed by atoms with Crippen LogP contribution in [0.5, 0.6) is 5.75 Å². The average Bonchev–Trinajstić information content (AvgIpc) is 3.36. The number of unbranched alkanes of at least 4 members (excludes halogenated alkanes) is 2. The van der Waals surface area contributed by atoms with Gasteiger partial charge < -0.3 is 18.6 Å². The Kier molecular flexibility index (Phi) is 9.62. The molecule has 2 unspecified atom stereocenters. The molecule has 34 heavy (non-hydrogen) atoms. The molecule has 2 aliphatic rings. The van der Waals surface area contributed by atoms with E-state index >= 15 is 0 Å². The van der Waals surface area contributed by atoms with E-state index in [4.69, 9.17) is 18.6 Å². The Morgan fingerprint density at radius 3 is 2.50 bits per heavy atom. The number of methoxy groups -OCH3 is 1. The molecule has 0 aromatic heterocycles. The summed E-state index contributed by atoms with van der Waals surface area (Å²) < 4.78 is 24.3. The Hall–Kier alpha value is -1.40. The minimum absolute atomic E-state index is 0.148. The van der Waals surface area contributed by atoms with Crippen LogP contribution in [-0.4, -0.2) is 33.9 Å². The van der Waals surface area contributed by atoms with Crippen LogP contribution in [0.4, 0.5) is 0 Å². The maximum Gasteiger partial charge on any atom is 0.192 e. The Morgan fingerprint density at radius 1 is 1.12 bits per heavy atom.